The fraction of sp³-hybridized carbons (Fsp3) is 0.333. The lowest BCUT2D eigenvalue weighted by atomic mass is 10.2. The first kappa shape index (κ1) is 30.3. The van der Waals surface area contributed by atoms with Crippen molar-refractivity contribution in [2.24, 2.45) is 0 Å². The predicted octanol–water partition coefficient (Wildman–Crippen LogP) is 5.82. The zero-order chi connectivity index (χ0) is 31.9. The maximum absolute atomic E-state index is 14.2. The number of nitrogens with zero attached hydrogens (tertiary/aromatic N) is 6. The minimum atomic E-state index is -2.63. The van der Waals surface area contributed by atoms with Crippen LogP contribution in [-0.2, 0) is 17.5 Å². The third-order valence-corrected chi connectivity index (χ3v) is 14.2. The summed E-state index contributed by atoms with van der Waals surface area (Å²) in [5, 5.41) is 2.42. The second-order valence-electron chi connectivity index (χ2n) is 13.2. The topological polar surface area (TPSA) is 79.8 Å². The number of hydrogen-bond acceptors (Lipinski definition) is 5. The van der Waals surface area contributed by atoms with Gasteiger partial charge < -0.3 is 8.99 Å². The van der Waals surface area contributed by atoms with Gasteiger partial charge in [-0.1, -0.05) is 81.4 Å². The molecule has 7 rings (SSSR count). The molecule has 1 aliphatic rings. The molecule has 4 heterocycles. The molecule has 0 spiro atoms. The van der Waals surface area contributed by atoms with Gasteiger partial charge in [-0.2, -0.15) is 0 Å². The highest BCUT2D eigenvalue weighted by atomic mass is 28.4. The van der Waals surface area contributed by atoms with E-state index in [1.54, 1.807) is 17.0 Å². The van der Waals surface area contributed by atoms with Crippen molar-refractivity contribution in [1.29, 1.82) is 0 Å². The number of aryl methyl sites for hydroxylation is 1. The highest BCUT2D eigenvalue weighted by molar-refractivity contribution is 6.99. The van der Waals surface area contributed by atoms with Crippen LogP contribution < -0.4 is 16.1 Å². The van der Waals surface area contributed by atoms with Crippen molar-refractivity contribution in [2.45, 2.75) is 70.6 Å². The number of imidazole rings is 2. The number of pyridine rings is 2. The van der Waals surface area contributed by atoms with Crippen LogP contribution in [0.5, 0.6) is 0 Å². The van der Waals surface area contributed by atoms with E-state index < -0.39 is 14.1 Å². The normalized spacial score (nSPS) is 14.0. The first-order chi connectivity index (χ1) is 22.3. The van der Waals surface area contributed by atoms with E-state index in [0.717, 1.165) is 36.7 Å². The largest absolute Gasteiger partial charge is 0.407 e. The molecule has 4 aromatic heterocycles. The van der Waals surface area contributed by atoms with Crippen molar-refractivity contribution < 1.29 is 8.82 Å². The van der Waals surface area contributed by atoms with Crippen molar-refractivity contribution in [2.75, 3.05) is 6.61 Å². The van der Waals surface area contributed by atoms with E-state index >= 15 is 0 Å². The molecule has 8 nitrogen and oxygen atoms in total. The fourth-order valence-corrected chi connectivity index (χ4v) is 11.5. The molecule has 0 saturated heterocycles. The van der Waals surface area contributed by atoms with Crippen LogP contribution in [-0.4, -0.2) is 43.6 Å². The summed E-state index contributed by atoms with van der Waals surface area (Å²) in [5.41, 5.74) is 2.68. The first-order valence-electron chi connectivity index (χ1n) is 16.1. The van der Waals surface area contributed by atoms with Gasteiger partial charge in [0, 0.05) is 31.5 Å². The molecule has 0 bridgehead atoms. The van der Waals surface area contributed by atoms with Gasteiger partial charge >= 0.3 is 5.69 Å². The Morgan fingerprint density at radius 1 is 0.913 bits per heavy atom. The van der Waals surface area contributed by atoms with E-state index in [-0.39, 0.29) is 23.3 Å². The highest BCUT2D eigenvalue weighted by Gasteiger charge is 2.50. The molecule has 1 aliphatic carbocycles. The Balaban J connectivity index is 1.16. The van der Waals surface area contributed by atoms with Gasteiger partial charge in [-0.05, 0) is 47.2 Å². The van der Waals surface area contributed by atoms with Crippen molar-refractivity contribution in [1.82, 2.24) is 28.7 Å². The molecule has 0 amide bonds. The summed E-state index contributed by atoms with van der Waals surface area (Å²) in [6.07, 6.45) is 8.31. The smallest absolute Gasteiger partial charge is 0.329 e. The molecular weight excluding hydrogens is 596 g/mol. The van der Waals surface area contributed by atoms with Gasteiger partial charge in [0.2, 0.25) is 0 Å². The minimum Gasteiger partial charge on any atom is -0.407 e. The number of benzene rings is 2. The Morgan fingerprint density at radius 3 is 2.26 bits per heavy atom. The van der Waals surface area contributed by atoms with E-state index in [0.29, 0.717) is 30.1 Å². The highest BCUT2D eigenvalue weighted by Crippen LogP contribution is 2.37. The molecular formula is C36H39FN6O2Si. The molecule has 6 aromatic rings. The monoisotopic (exact) mass is 634 g/mol. The molecule has 0 atom stereocenters. The number of hydrogen-bond donors (Lipinski definition) is 0. The summed E-state index contributed by atoms with van der Waals surface area (Å²) in [6, 6.07) is 24.9. The van der Waals surface area contributed by atoms with E-state index in [4.69, 9.17) is 9.41 Å². The van der Waals surface area contributed by atoms with Gasteiger partial charge in [0.1, 0.15) is 17.2 Å². The lowest BCUT2D eigenvalue weighted by Crippen LogP contribution is -2.66. The molecule has 1 saturated carbocycles. The van der Waals surface area contributed by atoms with E-state index in [9.17, 15) is 9.18 Å². The van der Waals surface area contributed by atoms with Crippen molar-refractivity contribution >= 4 is 40.9 Å². The molecule has 0 radical (unpaired) electrons. The molecule has 236 valence electrons. The first-order valence-corrected chi connectivity index (χ1v) is 18.0. The average Bonchev–Trinajstić information content (AvgIpc) is 3.78. The molecule has 0 aliphatic heterocycles. The maximum Gasteiger partial charge on any atom is 0.329 e. The molecule has 2 aromatic carbocycles. The third-order valence-electron chi connectivity index (χ3n) is 9.12. The summed E-state index contributed by atoms with van der Waals surface area (Å²) in [4.78, 5) is 27.1. The Kier molecular flexibility index (Phi) is 7.94. The van der Waals surface area contributed by atoms with Crippen LogP contribution in [0.4, 0.5) is 4.39 Å². The zero-order valence-corrected chi connectivity index (χ0v) is 27.6. The molecule has 0 unspecified atom stereocenters. The van der Waals surface area contributed by atoms with E-state index in [1.165, 1.54) is 22.6 Å². The second kappa shape index (κ2) is 12.1. The van der Waals surface area contributed by atoms with Gasteiger partial charge in [-0.25, -0.2) is 19.2 Å². The average molecular weight is 635 g/mol. The van der Waals surface area contributed by atoms with Gasteiger partial charge in [-0.3, -0.25) is 14.1 Å². The SMILES string of the molecule is CC(C)(C)[Si](OCCCCn1c(Cn2c(=O)n(C3CC3)c3ccncc32)nc2cc(F)cnc21)(c1ccccc1)c1ccccc1. The lowest BCUT2D eigenvalue weighted by molar-refractivity contribution is 0.285. The van der Waals surface area contributed by atoms with Crippen LogP contribution in [0.3, 0.4) is 0 Å². The van der Waals surface area contributed by atoms with Crippen LogP contribution in [0, 0.1) is 5.82 Å². The van der Waals surface area contributed by atoms with Crippen LogP contribution >= 0.6 is 0 Å². The Morgan fingerprint density at radius 2 is 1.61 bits per heavy atom. The quantitative estimate of drug-likeness (QED) is 0.133. The van der Waals surface area contributed by atoms with Crippen LogP contribution in [0.25, 0.3) is 22.2 Å². The molecule has 46 heavy (non-hydrogen) atoms. The third kappa shape index (κ3) is 5.39. The summed E-state index contributed by atoms with van der Waals surface area (Å²) in [5.74, 6) is 0.232. The number of aromatic nitrogens is 6. The predicted molar refractivity (Wildman–Crippen MR) is 182 cm³/mol. The van der Waals surface area contributed by atoms with E-state index in [1.807, 2.05) is 15.2 Å². The number of fused-ring (bicyclic) bond motifs is 2. The lowest BCUT2D eigenvalue weighted by Gasteiger charge is -2.43. The second-order valence-corrected chi connectivity index (χ2v) is 17.5. The van der Waals surface area contributed by atoms with Crippen molar-refractivity contribution in [3.8, 4) is 0 Å². The van der Waals surface area contributed by atoms with Crippen LogP contribution in [0.2, 0.25) is 5.04 Å². The van der Waals surface area contributed by atoms with E-state index in [2.05, 4.69) is 91.4 Å². The van der Waals surface area contributed by atoms with Gasteiger partial charge in [0.05, 0.1) is 30.0 Å². The zero-order valence-electron chi connectivity index (χ0n) is 26.6. The fourth-order valence-electron chi connectivity index (χ4n) is 6.85. The Bertz CT molecular complexity index is 2000. The summed E-state index contributed by atoms with van der Waals surface area (Å²) in [7, 11) is -2.63. The van der Waals surface area contributed by atoms with Crippen LogP contribution in [0.1, 0.15) is 58.3 Å². The molecule has 0 N–H and O–H groups in total. The molecule has 1 fully saturated rings. The Hall–Kier alpha value is -4.41. The van der Waals surface area contributed by atoms with Gasteiger partial charge in [0.15, 0.2) is 5.65 Å². The Labute approximate surface area is 268 Å². The maximum atomic E-state index is 14.2. The van der Waals surface area contributed by atoms with Gasteiger partial charge in [-0.15, -0.1) is 0 Å². The van der Waals surface area contributed by atoms with Crippen LogP contribution in [0.15, 0.2) is 96.2 Å². The van der Waals surface area contributed by atoms with Gasteiger partial charge in [0.25, 0.3) is 8.32 Å². The number of unbranched alkanes of at least 4 members (excludes halogenated alkanes) is 1. The van der Waals surface area contributed by atoms with Crippen molar-refractivity contribution in [3.05, 3.63) is 114 Å². The summed E-state index contributed by atoms with van der Waals surface area (Å²) in [6.45, 7) is 8.31. The number of rotatable bonds is 11. The standard InChI is InChI=1S/C36H39FN6O2Si/c1-36(2,3)46(28-12-6-4-7-13-28,29-14-8-5-9-15-29)45-21-11-10-20-41-33(40-30-22-26(37)23-39-34(30)41)25-42-32-24-38-19-18-31(32)43(35(42)44)27-16-17-27/h4-9,12-15,18-19,22-24,27H,10-11,16-17,20-21,25H2,1-3H3. The summed E-state index contributed by atoms with van der Waals surface area (Å²) < 4.78 is 27.0. The minimum absolute atomic E-state index is 0.0676. The number of halogens is 1. The van der Waals surface area contributed by atoms with Crippen molar-refractivity contribution in [3.63, 3.8) is 0 Å². The summed E-state index contributed by atoms with van der Waals surface area (Å²) >= 11 is 0. The molecule has 10 heteroatoms.